The van der Waals surface area contributed by atoms with Crippen molar-refractivity contribution >= 4 is 28.2 Å². The monoisotopic (exact) mass is 265 g/mol. The first-order valence-electron chi connectivity index (χ1n) is 6.30. The van der Waals surface area contributed by atoms with E-state index in [1.807, 2.05) is 0 Å². The van der Waals surface area contributed by atoms with Crippen LogP contribution in [0.25, 0.3) is 0 Å². The summed E-state index contributed by atoms with van der Waals surface area (Å²) in [5.41, 5.74) is 0.192. The molecule has 1 aromatic rings. The first kappa shape index (κ1) is 11.7. The summed E-state index contributed by atoms with van der Waals surface area (Å²) in [7, 11) is 0. The van der Waals surface area contributed by atoms with E-state index in [4.69, 9.17) is 5.11 Å². The highest BCUT2D eigenvalue weighted by molar-refractivity contribution is 7.14. The minimum Gasteiger partial charge on any atom is -0.478 e. The number of thiophene rings is 1. The minimum absolute atomic E-state index is 0.0110. The second-order valence-corrected chi connectivity index (χ2v) is 6.01. The van der Waals surface area contributed by atoms with Crippen LogP contribution in [0.2, 0.25) is 0 Å². The van der Waals surface area contributed by atoms with Crippen LogP contribution in [-0.2, 0) is 4.79 Å². The fraction of sp³-hybridized carbons (Fsp3) is 0.538. The van der Waals surface area contributed by atoms with Gasteiger partial charge in [-0.1, -0.05) is 12.8 Å². The maximum atomic E-state index is 12.1. The average Bonchev–Trinajstić information content (AvgIpc) is 2.90. The Bertz CT molecular complexity index is 484. The summed E-state index contributed by atoms with van der Waals surface area (Å²) in [5, 5.41) is 13.9. The molecule has 1 heterocycles. The summed E-state index contributed by atoms with van der Waals surface area (Å²) < 4.78 is 0. The highest BCUT2D eigenvalue weighted by atomic mass is 32.1. The standard InChI is InChI=1S/C13H15NO3S/c15-11(10-7-3-1-2-4-8(7)10)14-12-9(13(16)17)5-6-18-12/h5-8,10H,1-4H2,(H,14,15)(H,16,17). The van der Waals surface area contributed by atoms with E-state index >= 15 is 0 Å². The molecule has 0 spiro atoms. The van der Waals surface area contributed by atoms with Crippen LogP contribution in [0.1, 0.15) is 36.0 Å². The second-order valence-electron chi connectivity index (χ2n) is 5.10. The van der Waals surface area contributed by atoms with E-state index in [1.54, 1.807) is 5.38 Å². The van der Waals surface area contributed by atoms with E-state index in [0.29, 0.717) is 16.8 Å². The number of hydrogen-bond donors (Lipinski definition) is 2. The molecule has 2 aliphatic rings. The summed E-state index contributed by atoms with van der Waals surface area (Å²) in [5.74, 6) is 0.242. The molecule has 2 N–H and O–H groups in total. The number of carbonyl (C=O) groups excluding carboxylic acids is 1. The molecule has 0 radical (unpaired) electrons. The van der Waals surface area contributed by atoms with Gasteiger partial charge in [-0.25, -0.2) is 4.79 Å². The number of carboxylic acids is 1. The normalized spacial score (nSPS) is 29.4. The van der Waals surface area contributed by atoms with Crippen molar-refractivity contribution in [3.05, 3.63) is 17.0 Å². The summed E-state index contributed by atoms with van der Waals surface area (Å²) in [6.07, 6.45) is 4.76. The van der Waals surface area contributed by atoms with Crippen molar-refractivity contribution in [1.82, 2.24) is 0 Å². The van der Waals surface area contributed by atoms with E-state index < -0.39 is 5.97 Å². The smallest absolute Gasteiger partial charge is 0.338 e. The maximum absolute atomic E-state index is 12.1. The van der Waals surface area contributed by atoms with E-state index in [1.165, 1.54) is 30.2 Å². The number of amides is 1. The number of nitrogens with one attached hydrogen (secondary N) is 1. The molecule has 1 amide bonds. The van der Waals surface area contributed by atoms with Gasteiger partial charge < -0.3 is 10.4 Å². The van der Waals surface area contributed by atoms with Gasteiger partial charge in [0.1, 0.15) is 5.00 Å². The first-order valence-corrected chi connectivity index (χ1v) is 7.18. The highest BCUT2D eigenvalue weighted by Gasteiger charge is 2.54. The molecule has 5 heteroatoms. The Labute approximate surface area is 109 Å². The molecule has 2 saturated carbocycles. The lowest BCUT2D eigenvalue weighted by molar-refractivity contribution is -0.117. The minimum atomic E-state index is -0.986. The van der Waals surface area contributed by atoms with Gasteiger partial charge in [0.05, 0.1) is 5.56 Å². The van der Waals surface area contributed by atoms with Crippen LogP contribution in [0, 0.1) is 17.8 Å². The second kappa shape index (κ2) is 4.39. The predicted octanol–water partition coefficient (Wildman–Crippen LogP) is 2.82. The molecule has 18 heavy (non-hydrogen) atoms. The molecule has 2 fully saturated rings. The molecular weight excluding hydrogens is 250 g/mol. The molecular formula is C13H15NO3S. The Hall–Kier alpha value is -1.36. The van der Waals surface area contributed by atoms with Gasteiger partial charge in [-0.15, -0.1) is 11.3 Å². The van der Waals surface area contributed by atoms with E-state index in [0.717, 1.165) is 12.8 Å². The van der Waals surface area contributed by atoms with Crippen LogP contribution < -0.4 is 5.32 Å². The molecule has 3 rings (SSSR count). The lowest BCUT2D eigenvalue weighted by Crippen LogP contribution is -2.16. The fourth-order valence-corrected chi connectivity index (χ4v) is 3.93. The zero-order valence-electron chi connectivity index (χ0n) is 9.89. The van der Waals surface area contributed by atoms with E-state index in [-0.39, 0.29) is 17.4 Å². The molecule has 2 atom stereocenters. The van der Waals surface area contributed by atoms with Crippen molar-refractivity contribution in [1.29, 1.82) is 0 Å². The van der Waals surface area contributed by atoms with Gasteiger partial charge in [-0.05, 0) is 36.1 Å². The van der Waals surface area contributed by atoms with Crippen molar-refractivity contribution in [2.24, 2.45) is 17.8 Å². The van der Waals surface area contributed by atoms with Crippen molar-refractivity contribution in [2.75, 3.05) is 5.32 Å². The summed E-state index contributed by atoms with van der Waals surface area (Å²) in [6.45, 7) is 0. The fourth-order valence-electron chi connectivity index (χ4n) is 3.15. The highest BCUT2D eigenvalue weighted by Crippen LogP contribution is 2.55. The Morgan fingerprint density at radius 1 is 1.28 bits per heavy atom. The van der Waals surface area contributed by atoms with Crippen molar-refractivity contribution in [3.63, 3.8) is 0 Å². The lowest BCUT2D eigenvalue weighted by Gasteiger charge is -2.04. The van der Waals surface area contributed by atoms with Crippen molar-refractivity contribution in [2.45, 2.75) is 25.7 Å². The lowest BCUT2D eigenvalue weighted by atomic mass is 10.0. The van der Waals surface area contributed by atoms with Gasteiger partial charge in [0.15, 0.2) is 0 Å². The summed E-state index contributed by atoms with van der Waals surface area (Å²) in [6, 6.07) is 1.53. The van der Waals surface area contributed by atoms with Crippen LogP contribution in [0.4, 0.5) is 5.00 Å². The Morgan fingerprint density at radius 2 is 1.94 bits per heavy atom. The molecule has 0 aliphatic heterocycles. The van der Waals surface area contributed by atoms with Crippen LogP contribution in [0.15, 0.2) is 11.4 Å². The van der Waals surface area contributed by atoms with Gasteiger partial charge in [0, 0.05) is 5.92 Å². The zero-order valence-corrected chi connectivity index (χ0v) is 10.7. The molecule has 4 nitrogen and oxygen atoms in total. The number of anilines is 1. The van der Waals surface area contributed by atoms with Crippen LogP contribution >= 0.6 is 11.3 Å². The van der Waals surface area contributed by atoms with Crippen molar-refractivity contribution < 1.29 is 14.7 Å². The number of carboxylic acid groups (broad SMARTS) is 1. The number of hydrogen-bond acceptors (Lipinski definition) is 3. The number of aromatic carboxylic acids is 1. The topological polar surface area (TPSA) is 66.4 Å². The van der Waals surface area contributed by atoms with Crippen LogP contribution in [0.3, 0.4) is 0 Å². The Kier molecular flexibility index (Phi) is 2.86. The summed E-state index contributed by atoms with van der Waals surface area (Å²) in [4.78, 5) is 23.1. The zero-order chi connectivity index (χ0) is 12.7. The molecule has 0 saturated heterocycles. The predicted molar refractivity (Wildman–Crippen MR) is 68.8 cm³/mol. The molecule has 1 aromatic heterocycles. The first-order chi connectivity index (χ1) is 8.68. The third kappa shape index (κ3) is 1.92. The Morgan fingerprint density at radius 3 is 2.56 bits per heavy atom. The number of fused-ring (bicyclic) bond motifs is 1. The molecule has 2 unspecified atom stereocenters. The van der Waals surface area contributed by atoms with Gasteiger partial charge >= 0.3 is 5.97 Å². The number of carbonyl (C=O) groups is 2. The molecule has 2 aliphatic carbocycles. The Balaban J connectivity index is 1.68. The third-order valence-electron chi connectivity index (χ3n) is 4.09. The van der Waals surface area contributed by atoms with Crippen molar-refractivity contribution in [3.8, 4) is 0 Å². The van der Waals surface area contributed by atoms with E-state index in [2.05, 4.69) is 5.32 Å². The number of rotatable bonds is 3. The van der Waals surface area contributed by atoms with Gasteiger partial charge in [-0.3, -0.25) is 4.79 Å². The largest absolute Gasteiger partial charge is 0.478 e. The quantitative estimate of drug-likeness (QED) is 0.883. The van der Waals surface area contributed by atoms with Crippen LogP contribution in [-0.4, -0.2) is 17.0 Å². The van der Waals surface area contributed by atoms with Gasteiger partial charge in [-0.2, -0.15) is 0 Å². The molecule has 0 aromatic carbocycles. The van der Waals surface area contributed by atoms with Crippen LogP contribution in [0.5, 0.6) is 0 Å². The average molecular weight is 265 g/mol. The molecule has 0 bridgehead atoms. The molecule has 96 valence electrons. The maximum Gasteiger partial charge on any atom is 0.338 e. The van der Waals surface area contributed by atoms with Gasteiger partial charge in [0.2, 0.25) is 5.91 Å². The van der Waals surface area contributed by atoms with Gasteiger partial charge in [0.25, 0.3) is 0 Å². The third-order valence-corrected chi connectivity index (χ3v) is 4.92. The SMILES string of the molecule is O=C(O)c1ccsc1NC(=O)C1C2CCCCC21. The summed E-state index contributed by atoms with van der Waals surface area (Å²) >= 11 is 1.27. The van der Waals surface area contributed by atoms with E-state index in [9.17, 15) is 9.59 Å².